The number of carbonyl (C=O) groups is 2. The van der Waals surface area contributed by atoms with Crippen molar-refractivity contribution in [2.75, 3.05) is 43.4 Å². The number of amides is 1. The van der Waals surface area contributed by atoms with Crippen molar-refractivity contribution in [2.45, 2.75) is 12.8 Å². The first-order valence-electron chi connectivity index (χ1n) is 8.87. The van der Waals surface area contributed by atoms with Crippen molar-refractivity contribution in [2.24, 2.45) is 11.8 Å². The number of carbonyl (C=O) groups excluding carboxylic acids is 2. The summed E-state index contributed by atoms with van der Waals surface area (Å²) in [5, 5.41) is 14.1. The van der Waals surface area contributed by atoms with E-state index in [1.807, 2.05) is 30.3 Å². The summed E-state index contributed by atoms with van der Waals surface area (Å²) in [4.78, 5) is 27.6. The molecule has 1 aromatic carbocycles. The average molecular weight is 343 g/mol. The van der Waals surface area contributed by atoms with Crippen molar-refractivity contribution in [3.63, 3.8) is 0 Å². The lowest BCUT2D eigenvalue weighted by Gasteiger charge is -2.32. The molecule has 1 heterocycles. The van der Waals surface area contributed by atoms with Crippen LogP contribution in [0.5, 0.6) is 0 Å². The predicted molar refractivity (Wildman–Crippen MR) is 94.3 cm³/mol. The van der Waals surface area contributed by atoms with E-state index in [9.17, 15) is 14.7 Å². The number of likely N-dealkylation sites (N-methyl/N-ethyl adjacent to an activating group) is 1. The lowest BCUT2D eigenvalue weighted by atomic mass is 9.82. The number of allylic oxidation sites excluding steroid dienone is 2. The molecule has 6 heteroatoms. The maximum atomic E-state index is 12.5. The van der Waals surface area contributed by atoms with E-state index in [1.54, 1.807) is 11.0 Å². The highest BCUT2D eigenvalue weighted by Crippen LogP contribution is 2.27. The first-order chi connectivity index (χ1) is 12.0. The Hall–Kier alpha value is -2.34. The van der Waals surface area contributed by atoms with Gasteiger partial charge in [-0.2, -0.15) is 0 Å². The van der Waals surface area contributed by atoms with Crippen molar-refractivity contribution in [1.29, 1.82) is 0 Å². The van der Waals surface area contributed by atoms with Crippen LogP contribution >= 0.6 is 0 Å². The van der Waals surface area contributed by atoms with E-state index in [0.717, 1.165) is 31.9 Å². The second-order valence-electron chi connectivity index (χ2n) is 6.96. The normalized spacial score (nSPS) is 24.1. The second-order valence-corrected chi connectivity index (χ2v) is 6.96. The van der Waals surface area contributed by atoms with Crippen molar-refractivity contribution < 1.29 is 19.6 Å². The van der Waals surface area contributed by atoms with E-state index in [-0.39, 0.29) is 5.91 Å². The maximum absolute atomic E-state index is 12.5. The van der Waals surface area contributed by atoms with Gasteiger partial charge in [0.05, 0.1) is 39.1 Å². The summed E-state index contributed by atoms with van der Waals surface area (Å²) in [6, 6.07) is 7.77. The summed E-state index contributed by atoms with van der Waals surface area (Å²) < 4.78 is 0. The Kier molecular flexibility index (Phi) is 5.38. The number of benzene rings is 1. The number of nitrogens with one attached hydrogen (secondary N) is 2. The minimum absolute atomic E-state index is 0.255. The zero-order chi connectivity index (χ0) is 17.8. The van der Waals surface area contributed by atoms with Crippen LogP contribution in [0.25, 0.3) is 0 Å². The van der Waals surface area contributed by atoms with Crippen LogP contribution in [-0.2, 0) is 9.59 Å². The first kappa shape index (κ1) is 17.5. The monoisotopic (exact) mass is 343 g/mol. The predicted octanol–water partition coefficient (Wildman–Crippen LogP) is -0.708. The number of aliphatic carboxylic acids is 1. The van der Waals surface area contributed by atoms with Crippen LogP contribution in [0.1, 0.15) is 12.8 Å². The first-order valence-corrected chi connectivity index (χ1v) is 8.87. The highest BCUT2D eigenvalue weighted by Gasteiger charge is 2.29. The molecule has 0 saturated carbocycles. The van der Waals surface area contributed by atoms with Crippen molar-refractivity contribution >= 4 is 23.3 Å². The zero-order valence-corrected chi connectivity index (χ0v) is 14.5. The minimum Gasteiger partial charge on any atom is -0.550 e. The van der Waals surface area contributed by atoms with Crippen LogP contribution in [-0.4, -0.2) is 45.1 Å². The number of nitrogens with zero attached hydrogens (tertiary/aromatic N) is 1. The summed E-state index contributed by atoms with van der Waals surface area (Å²) in [5.41, 5.74) is 1.85. The molecule has 134 valence electrons. The molecule has 2 aliphatic rings. The van der Waals surface area contributed by atoms with Gasteiger partial charge in [-0.05, 0) is 37.1 Å². The molecule has 1 aromatic rings. The number of piperazine rings is 1. The van der Waals surface area contributed by atoms with Gasteiger partial charge in [0.25, 0.3) is 0 Å². The topological polar surface area (TPSA) is 76.9 Å². The van der Waals surface area contributed by atoms with Gasteiger partial charge in [-0.25, -0.2) is 0 Å². The highest BCUT2D eigenvalue weighted by atomic mass is 16.4. The molecule has 2 atom stereocenters. The molecular weight excluding hydrogens is 318 g/mol. The third-order valence-electron chi connectivity index (χ3n) is 5.19. The molecule has 3 rings (SSSR count). The van der Waals surface area contributed by atoms with Gasteiger partial charge in [-0.3, -0.25) is 4.79 Å². The molecule has 0 spiro atoms. The lowest BCUT2D eigenvalue weighted by molar-refractivity contribution is -0.880. The molecule has 25 heavy (non-hydrogen) atoms. The molecule has 0 bridgehead atoms. The summed E-state index contributed by atoms with van der Waals surface area (Å²) >= 11 is 0. The number of hydrogen-bond donors (Lipinski definition) is 2. The number of hydrogen-bond acceptors (Lipinski definition) is 4. The van der Waals surface area contributed by atoms with Crippen molar-refractivity contribution in [3.05, 3.63) is 36.4 Å². The van der Waals surface area contributed by atoms with Crippen LogP contribution in [0.15, 0.2) is 36.4 Å². The maximum Gasteiger partial charge on any atom is 0.228 e. The Bertz CT molecular complexity index is 648. The fraction of sp³-hybridized carbons (Fsp3) is 0.474. The van der Waals surface area contributed by atoms with Crippen LogP contribution in [0.4, 0.5) is 11.4 Å². The van der Waals surface area contributed by atoms with E-state index in [1.165, 1.54) is 0 Å². The Labute approximate surface area is 148 Å². The molecule has 1 aliphatic carbocycles. The molecule has 1 fully saturated rings. The van der Waals surface area contributed by atoms with Gasteiger partial charge in [-0.1, -0.05) is 12.2 Å². The second kappa shape index (κ2) is 7.70. The van der Waals surface area contributed by atoms with E-state index in [4.69, 9.17) is 0 Å². The summed E-state index contributed by atoms with van der Waals surface area (Å²) in [7, 11) is 2.20. The molecule has 0 radical (unpaired) electrons. The fourth-order valence-corrected chi connectivity index (χ4v) is 3.50. The van der Waals surface area contributed by atoms with E-state index >= 15 is 0 Å². The van der Waals surface area contributed by atoms with Gasteiger partial charge < -0.3 is 25.0 Å². The standard InChI is InChI=1S/C19H25N3O3/c1-21-10-12-22(13-11-21)15-8-6-14(7-9-15)20-18(23)16-4-2-3-5-17(16)19(24)25/h2-3,6-9,16-17H,4-5,10-13H2,1H3,(H,20,23)(H,24,25)/t16-,17-/m1/s1. The van der Waals surface area contributed by atoms with Gasteiger partial charge in [0.1, 0.15) is 0 Å². The fourth-order valence-electron chi connectivity index (χ4n) is 3.50. The van der Waals surface area contributed by atoms with Crippen LogP contribution < -0.4 is 20.2 Å². The number of carboxylic acids is 1. The molecule has 1 amide bonds. The number of rotatable bonds is 4. The Morgan fingerprint density at radius 1 is 1.08 bits per heavy atom. The third-order valence-corrected chi connectivity index (χ3v) is 5.19. The summed E-state index contributed by atoms with van der Waals surface area (Å²) in [6.07, 6.45) is 4.45. The van der Waals surface area contributed by atoms with E-state index in [0.29, 0.717) is 18.5 Å². The smallest absolute Gasteiger partial charge is 0.228 e. The number of anilines is 2. The molecule has 1 aliphatic heterocycles. The largest absolute Gasteiger partial charge is 0.550 e. The minimum atomic E-state index is -1.16. The quantitative estimate of drug-likeness (QED) is 0.709. The molecule has 2 N–H and O–H groups in total. The molecular formula is C19H25N3O3. The van der Waals surface area contributed by atoms with E-state index in [2.05, 4.69) is 17.3 Å². The summed E-state index contributed by atoms with van der Waals surface area (Å²) in [5.74, 6) is -2.74. The number of quaternary nitrogens is 1. The third kappa shape index (κ3) is 4.20. The Balaban J connectivity index is 1.62. The van der Waals surface area contributed by atoms with E-state index < -0.39 is 17.8 Å². The van der Waals surface area contributed by atoms with Gasteiger partial charge in [0.15, 0.2) is 0 Å². The van der Waals surface area contributed by atoms with Crippen LogP contribution in [0, 0.1) is 11.8 Å². The van der Waals surface area contributed by atoms with Gasteiger partial charge in [0, 0.05) is 23.3 Å². The van der Waals surface area contributed by atoms with Gasteiger partial charge >= 0.3 is 0 Å². The average Bonchev–Trinajstić information content (AvgIpc) is 2.63. The Morgan fingerprint density at radius 3 is 2.28 bits per heavy atom. The SMILES string of the molecule is C[NH+]1CCN(c2ccc(NC(=O)[C@@H]3CC=CC[C@H]3C(=O)[O-])cc2)CC1. The molecule has 0 aromatic heterocycles. The summed E-state index contributed by atoms with van der Waals surface area (Å²) in [6.45, 7) is 4.30. The molecule has 0 unspecified atom stereocenters. The molecule has 6 nitrogen and oxygen atoms in total. The highest BCUT2D eigenvalue weighted by molar-refractivity contribution is 5.95. The number of carboxylic acid groups (broad SMARTS) is 1. The van der Waals surface area contributed by atoms with Crippen LogP contribution in [0.3, 0.4) is 0 Å². The van der Waals surface area contributed by atoms with Gasteiger partial charge in [0.2, 0.25) is 5.91 Å². The van der Waals surface area contributed by atoms with Crippen LogP contribution in [0.2, 0.25) is 0 Å². The Morgan fingerprint density at radius 2 is 1.68 bits per heavy atom. The lowest BCUT2D eigenvalue weighted by Crippen LogP contribution is -3.12. The van der Waals surface area contributed by atoms with Crippen molar-refractivity contribution in [1.82, 2.24) is 0 Å². The van der Waals surface area contributed by atoms with Crippen molar-refractivity contribution in [3.8, 4) is 0 Å². The molecule has 1 saturated heterocycles. The zero-order valence-electron chi connectivity index (χ0n) is 14.5. The van der Waals surface area contributed by atoms with Gasteiger partial charge in [-0.15, -0.1) is 0 Å².